The van der Waals surface area contributed by atoms with Crippen molar-refractivity contribution in [2.75, 3.05) is 0 Å². The van der Waals surface area contributed by atoms with E-state index in [-0.39, 0.29) is 0 Å². The third-order valence-corrected chi connectivity index (χ3v) is 3.87. The van der Waals surface area contributed by atoms with E-state index in [1.165, 1.54) is 11.8 Å². The van der Waals surface area contributed by atoms with E-state index in [1.807, 2.05) is 23.6 Å². The first-order valence-electron chi connectivity index (χ1n) is 6.84. The minimum Gasteiger partial charge on any atom is -0.461 e. The lowest BCUT2D eigenvalue weighted by Gasteiger charge is -2.04. The zero-order chi connectivity index (χ0) is 15.4. The highest BCUT2D eigenvalue weighted by molar-refractivity contribution is 7.98. The molecule has 3 aromatic rings. The van der Waals surface area contributed by atoms with Crippen molar-refractivity contribution >= 4 is 11.8 Å². The summed E-state index contributed by atoms with van der Waals surface area (Å²) < 4.78 is 12.5. The summed E-state index contributed by atoms with van der Waals surface area (Å²) in [5.74, 6) is 3.17. The molecule has 7 nitrogen and oxygen atoms in total. The van der Waals surface area contributed by atoms with Crippen LogP contribution < -0.4 is 0 Å². The molecule has 114 valence electrons. The Morgan fingerprint density at radius 1 is 1.41 bits per heavy atom. The number of aromatic nitrogens is 5. The fourth-order valence-electron chi connectivity index (χ4n) is 1.90. The Hall–Kier alpha value is -2.35. The number of hydrogen-bond donors (Lipinski definition) is 0. The van der Waals surface area contributed by atoms with Crippen LogP contribution >= 0.6 is 11.8 Å². The molecule has 3 rings (SSSR count). The number of allylic oxidation sites excluding steroid dienone is 1. The van der Waals surface area contributed by atoms with Crippen molar-refractivity contribution in [2.45, 2.75) is 30.8 Å². The van der Waals surface area contributed by atoms with E-state index < -0.39 is 0 Å². The van der Waals surface area contributed by atoms with E-state index >= 15 is 0 Å². The van der Waals surface area contributed by atoms with Gasteiger partial charge in [0, 0.05) is 13.0 Å². The molecule has 0 aliphatic carbocycles. The Morgan fingerprint density at radius 2 is 2.32 bits per heavy atom. The Labute approximate surface area is 131 Å². The van der Waals surface area contributed by atoms with E-state index in [1.54, 1.807) is 12.3 Å². The highest BCUT2D eigenvalue weighted by atomic mass is 32.2. The molecule has 0 spiro atoms. The standard InChI is InChI=1S/C14H15N5O2S/c1-3-7-19-13(10-6-5-8-20-10)16-17-14(19)22-9-12-15-11(4-2)18-21-12/h3,5-6,8H,1,4,7,9H2,2H3. The van der Waals surface area contributed by atoms with Gasteiger partial charge in [-0.15, -0.1) is 16.8 Å². The monoisotopic (exact) mass is 317 g/mol. The van der Waals surface area contributed by atoms with Gasteiger partial charge in [0.1, 0.15) is 0 Å². The van der Waals surface area contributed by atoms with Crippen LogP contribution in [0.15, 0.2) is 45.1 Å². The summed E-state index contributed by atoms with van der Waals surface area (Å²) >= 11 is 1.49. The van der Waals surface area contributed by atoms with Crippen molar-refractivity contribution < 1.29 is 8.94 Å². The molecule has 8 heteroatoms. The molecule has 0 saturated carbocycles. The highest BCUT2D eigenvalue weighted by Crippen LogP contribution is 2.26. The van der Waals surface area contributed by atoms with Gasteiger partial charge in [-0.2, -0.15) is 4.98 Å². The second-order valence-electron chi connectivity index (χ2n) is 4.43. The molecule has 0 fully saturated rings. The third-order valence-electron chi connectivity index (χ3n) is 2.92. The summed E-state index contributed by atoms with van der Waals surface area (Å²) in [6.45, 7) is 6.35. The topological polar surface area (TPSA) is 82.8 Å². The Kier molecular flexibility index (Phi) is 4.38. The molecule has 0 saturated heterocycles. The first kappa shape index (κ1) is 14.6. The van der Waals surface area contributed by atoms with Crippen molar-refractivity contribution in [3.63, 3.8) is 0 Å². The molecule has 0 atom stereocenters. The maximum atomic E-state index is 5.39. The van der Waals surface area contributed by atoms with Crippen molar-refractivity contribution in [3.05, 3.63) is 42.8 Å². The van der Waals surface area contributed by atoms with E-state index in [9.17, 15) is 0 Å². The molecule has 3 aromatic heterocycles. The number of aryl methyl sites for hydroxylation is 1. The van der Waals surface area contributed by atoms with Gasteiger partial charge in [0.2, 0.25) is 11.7 Å². The fourth-order valence-corrected chi connectivity index (χ4v) is 2.68. The number of thioether (sulfide) groups is 1. The molecular formula is C14H15N5O2S. The average Bonchev–Trinajstić information content (AvgIpc) is 3.26. The summed E-state index contributed by atoms with van der Waals surface area (Å²) in [6, 6.07) is 3.67. The summed E-state index contributed by atoms with van der Waals surface area (Å²) in [6.07, 6.45) is 4.16. The van der Waals surface area contributed by atoms with E-state index in [0.29, 0.717) is 35.6 Å². The minimum atomic E-state index is 0.542. The Bertz CT molecular complexity index is 747. The number of furan rings is 1. The van der Waals surface area contributed by atoms with Crippen LogP contribution in [-0.2, 0) is 18.7 Å². The van der Waals surface area contributed by atoms with Crippen LogP contribution in [0.25, 0.3) is 11.6 Å². The van der Waals surface area contributed by atoms with Crippen LogP contribution in [0.1, 0.15) is 18.6 Å². The van der Waals surface area contributed by atoms with Crippen molar-refractivity contribution in [1.82, 2.24) is 24.9 Å². The van der Waals surface area contributed by atoms with Crippen molar-refractivity contribution in [2.24, 2.45) is 0 Å². The average molecular weight is 317 g/mol. The van der Waals surface area contributed by atoms with Crippen LogP contribution in [0, 0.1) is 0 Å². The van der Waals surface area contributed by atoms with Crippen LogP contribution in [0.4, 0.5) is 0 Å². The molecule has 0 bridgehead atoms. The smallest absolute Gasteiger partial charge is 0.237 e. The largest absolute Gasteiger partial charge is 0.461 e. The van der Waals surface area contributed by atoms with Gasteiger partial charge in [-0.3, -0.25) is 4.57 Å². The van der Waals surface area contributed by atoms with Gasteiger partial charge in [-0.1, -0.05) is 29.9 Å². The molecule has 0 amide bonds. The number of nitrogens with zero attached hydrogens (tertiary/aromatic N) is 5. The number of hydrogen-bond acceptors (Lipinski definition) is 7. The SMILES string of the molecule is C=CCn1c(SCc2nc(CC)no2)nnc1-c1ccco1. The lowest BCUT2D eigenvalue weighted by atomic mass is 10.4. The van der Waals surface area contributed by atoms with Gasteiger partial charge in [0.15, 0.2) is 16.7 Å². The zero-order valence-electron chi connectivity index (χ0n) is 12.1. The summed E-state index contributed by atoms with van der Waals surface area (Å²) in [4.78, 5) is 4.28. The van der Waals surface area contributed by atoms with E-state index in [2.05, 4.69) is 26.9 Å². The van der Waals surface area contributed by atoms with Gasteiger partial charge in [0.25, 0.3) is 0 Å². The summed E-state index contributed by atoms with van der Waals surface area (Å²) in [5, 5.41) is 13.0. The quantitative estimate of drug-likeness (QED) is 0.489. The molecule has 0 aromatic carbocycles. The molecule has 0 aliphatic rings. The Balaban J connectivity index is 1.79. The van der Waals surface area contributed by atoms with Crippen LogP contribution in [0.3, 0.4) is 0 Å². The minimum absolute atomic E-state index is 0.542. The summed E-state index contributed by atoms with van der Waals surface area (Å²) in [5.41, 5.74) is 0. The van der Waals surface area contributed by atoms with Gasteiger partial charge < -0.3 is 8.94 Å². The number of rotatable bonds is 7. The third kappa shape index (κ3) is 2.96. The maximum absolute atomic E-state index is 5.39. The molecule has 0 radical (unpaired) electrons. The zero-order valence-corrected chi connectivity index (χ0v) is 12.9. The van der Waals surface area contributed by atoms with Crippen molar-refractivity contribution in [1.29, 1.82) is 0 Å². The van der Waals surface area contributed by atoms with Crippen LogP contribution in [-0.4, -0.2) is 24.9 Å². The molecule has 3 heterocycles. The highest BCUT2D eigenvalue weighted by Gasteiger charge is 2.16. The second kappa shape index (κ2) is 6.61. The van der Waals surface area contributed by atoms with Gasteiger partial charge in [-0.05, 0) is 12.1 Å². The van der Waals surface area contributed by atoms with Gasteiger partial charge in [0.05, 0.1) is 12.0 Å². The summed E-state index contributed by atoms with van der Waals surface area (Å²) in [7, 11) is 0. The van der Waals surface area contributed by atoms with Gasteiger partial charge in [-0.25, -0.2) is 0 Å². The lowest BCUT2D eigenvalue weighted by Crippen LogP contribution is -2.00. The second-order valence-corrected chi connectivity index (χ2v) is 5.37. The lowest BCUT2D eigenvalue weighted by molar-refractivity contribution is 0.385. The molecular weight excluding hydrogens is 302 g/mol. The molecule has 0 N–H and O–H groups in total. The predicted molar refractivity (Wildman–Crippen MR) is 81.2 cm³/mol. The molecule has 22 heavy (non-hydrogen) atoms. The fraction of sp³-hybridized carbons (Fsp3) is 0.286. The molecule has 0 aliphatic heterocycles. The first-order chi connectivity index (χ1) is 10.8. The van der Waals surface area contributed by atoms with E-state index in [0.717, 1.165) is 11.6 Å². The first-order valence-corrected chi connectivity index (χ1v) is 7.82. The Morgan fingerprint density at radius 3 is 3.00 bits per heavy atom. The van der Waals surface area contributed by atoms with Crippen LogP contribution in [0.2, 0.25) is 0 Å². The van der Waals surface area contributed by atoms with Crippen molar-refractivity contribution in [3.8, 4) is 11.6 Å². The molecule has 0 unspecified atom stereocenters. The maximum Gasteiger partial charge on any atom is 0.237 e. The predicted octanol–water partition coefficient (Wildman–Crippen LogP) is 2.96. The normalized spacial score (nSPS) is 11.0. The van der Waals surface area contributed by atoms with Crippen LogP contribution in [0.5, 0.6) is 0 Å². The van der Waals surface area contributed by atoms with Gasteiger partial charge >= 0.3 is 0 Å². The van der Waals surface area contributed by atoms with E-state index in [4.69, 9.17) is 8.94 Å².